The Morgan fingerprint density at radius 1 is 1.06 bits per heavy atom. The Morgan fingerprint density at radius 2 is 1.77 bits per heavy atom. The molecule has 1 aliphatic rings. The molecule has 2 aromatic heterocycles. The highest BCUT2D eigenvalue weighted by atomic mass is 35.5. The number of carbonyl (C=O) groups is 2. The zero-order valence-corrected chi connectivity index (χ0v) is 21.3. The Hall–Kier alpha value is -3.37. The van der Waals surface area contributed by atoms with E-state index < -0.39 is 5.60 Å². The maximum Gasteiger partial charge on any atom is 0.410 e. The minimum atomic E-state index is -0.523. The van der Waals surface area contributed by atoms with Crippen molar-refractivity contribution in [3.63, 3.8) is 0 Å². The summed E-state index contributed by atoms with van der Waals surface area (Å²) < 4.78 is 5.45. The van der Waals surface area contributed by atoms with E-state index in [1.54, 1.807) is 40.9 Å². The average molecular weight is 515 g/mol. The number of amides is 2. The van der Waals surface area contributed by atoms with Gasteiger partial charge in [-0.2, -0.15) is 0 Å². The standard InChI is InChI=1S/C24H27ClN6O3S/c1-24(2,3)34-23(33)31-12-10-30(11-13-31)22-29-20(15-35-22)21(32)28-18-8-9-26-14-19(18)27-17-6-4-16(25)5-7-17/h4-9,14-15,27H,10-13H2,1-3H3,(H,26,28,32). The van der Waals surface area contributed by atoms with Gasteiger partial charge in [0.2, 0.25) is 0 Å². The predicted molar refractivity (Wildman–Crippen MR) is 139 cm³/mol. The molecule has 0 bridgehead atoms. The molecule has 184 valence electrons. The Morgan fingerprint density at radius 3 is 2.46 bits per heavy atom. The van der Waals surface area contributed by atoms with Gasteiger partial charge in [0, 0.05) is 48.5 Å². The molecule has 1 aliphatic heterocycles. The van der Waals surface area contributed by atoms with Crippen LogP contribution in [-0.4, -0.2) is 58.6 Å². The number of rotatable bonds is 5. The molecule has 0 aliphatic carbocycles. The molecular weight excluding hydrogens is 488 g/mol. The topological polar surface area (TPSA) is 99.7 Å². The lowest BCUT2D eigenvalue weighted by Gasteiger charge is -2.35. The van der Waals surface area contributed by atoms with Gasteiger partial charge in [-0.05, 0) is 51.1 Å². The molecule has 0 spiro atoms. The lowest BCUT2D eigenvalue weighted by molar-refractivity contribution is 0.0240. The van der Waals surface area contributed by atoms with Crippen LogP contribution in [0.25, 0.3) is 0 Å². The quantitative estimate of drug-likeness (QED) is 0.480. The van der Waals surface area contributed by atoms with Crippen molar-refractivity contribution in [2.45, 2.75) is 26.4 Å². The number of pyridine rings is 1. The number of hydrogen-bond donors (Lipinski definition) is 2. The zero-order chi connectivity index (χ0) is 25.0. The molecular formula is C24H27ClN6O3S. The van der Waals surface area contributed by atoms with Crippen molar-refractivity contribution in [1.82, 2.24) is 14.9 Å². The molecule has 1 fully saturated rings. The summed E-state index contributed by atoms with van der Waals surface area (Å²) in [6.45, 7) is 7.87. The molecule has 2 N–H and O–H groups in total. The molecule has 1 saturated heterocycles. The SMILES string of the molecule is CC(C)(C)OC(=O)N1CCN(c2nc(C(=O)Nc3ccncc3Nc3ccc(Cl)cc3)cs2)CC1. The van der Waals surface area contributed by atoms with Crippen LogP contribution >= 0.6 is 22.9 Å². The van der Waals surface area contributed by atoms with Gasteiger partial charge in [-0.3, -0.25) is 9.78 Å². The molecule has 0 radical (unpaired) electrons. The van der Waals surface area contributed by atoms with E-state index in [2.05, 4.69) is 25.5 Å². The highest BCUT2D eigenvalue weighted by Gasteiger charge is 2.27. The van der Waals surface area contributed by atoms with Crippen LogP contribution in [0.5, 0.6) is 0 Å². The maximum atomic E-state index is 12.9. The molecule has 4 rings (SSSR count). The van der Waals surface area contributed by atoms with Gasteiger partial charge in [0.25, 0.3) is 5.91 Å². The van der Waals surface area contributed by atoms with E-state index in [0.29, 0.717) is 48.3 Å². The molecule has 0 atom stereocenters. The normalized spacial score (nSPS) is 13.9. The molecule has 3 heterocycles. The Kier molecular flexibility index (Phi) is 7.42. The van der Waals surface area contributed by atoms with Crippen molar-refractivity contribution >= 4 is 57.1 Å². The Labute approximate surface area is 213 Å². The van der Waals surface area contributed by atoms with Crippen LogP contribution in [0.15, 0.2) is 48.1 Å². The number of halogens is 1. The van der Waals surface area contributed by atoms with Gasteiger partial charge in [-0.1, -0.05) is 11.6 Å². The minimum absolute atomic E-state index is 0.309. The van der Waals surface area contributed by atoms with Gasteiger partial charge < -0.3 is 25.2 Å². The number of ether oxygens (including phenoxy) is 1. The number of carbonyl (C=O) groups excluding carboxylic acids is 2. The van der Waals surface area contributed by atoms with Crippen LogP contribution in [-0.2, 0) is 4.74 Å². The third kappa shape index (κ3) is 6.61. The highest BCUT2D eigenvalue weighted by molar-refractivity contribution is 7.14. The number of nitrogens with zero attached hydrogens (tertiary/aromatic N) is 4. The first-order valence-corrected chi connectivity index (χ1v) is 12.4. The summed E-state index contributed by atoms with van der Waals surface area (Å²) in [6.07, 6.45) is 2.94. The summed E-state index contributed by atoms with van der Waals surface area (Å²) in [7, 11) is 0. The molecule has 1 aromatic carbocycles. The fourth-order valence-electron chi connectivity index (χ4n) is 3.40. The number of nitrogens with one attached hydrogen (secondary N) is 2. The lowest BCUT2D eigenvalue weighted by Crippen LogP contribution is -2.50. The number of thiazole rings is 1. The molecule has 0 saturated carbocycles. The predicted octanol–water partition coefficient (Wildman–Crippen LogP) is 5.24. The van der Waals surface area contributed by atoms with E-state index >= 15 is 0 Å². The van der Waals surface area contributed by atoms with Crippen LogP contribution in [0.4, 0.5) is 27.0 Å². The smallest absolute Gasteiger partial charge is 0.410 e. The van der Waals surface area contributed by atoms with Crippen molar-refractivity contribution in [2.75, 3.05) is 41.7 Å². The summed E-state index contributed by atoms with van der Waals surface area (Å²) in [5.41, 5.74) is 1.86. The third-order valence-electron chi connectivity index (χ3n) is 5.12. The second-order valence-electron chi connectivity index (χ2n) is 8.98. The van der Waals surface area contributed by atoms with E-state index in [-0.39, 0.29) is 12.0 Å². The summed E-state index contributed by atoms with van der Waals surface area (Å²) in [5, 5.41) is 9.26. The van der Waals surface area contributed by atoms with Crippen LogP contribution in [0, 0.1) is 0 Å². The van der Waals surface area contributed by atoms with E-state index in [0.717, 1.165) is 10.8 Å². The second kappa shape index (κ2) is 10.5. The molecule has 2 amide bonds. The van der Waals surface area contributed by atoms with Crippen molar-refractivity contribution < 1.29 is 14.3 Å². The summed E-state index contributed by atoms with van der Waals surface area (Å²) in [6, 6.07) is 8.97. The second-order valence-corrected chi connectivity index (χ2v) is 10.3. The summed E-state index contributed by atoms with van der Waals surface area (Å²) in [4.78, 5) is 37.6. The average Bonchev–Trinajstić information content (AvgIpc) is 3.31. The highest BCUT2D eigenvalue weighted by Crippen LogP contribution is 2.27. The summed E-state index contributed by atoms with van der Waals surface area (Å²) in [5.74, 6) is -0.315. The number of piperazine rings is 1. The van der Waals surface area contributed by atoms with Gasteiger partial charge in [-0.15, -0.1) is 11.3 Å². The molecule has 9 nitrogen and oxygen atoms in total. The fourth-order valence-corrected chi connectivity index (χ4v) is 4.38. The summed E-state index contributed by atoms with van der Waals surface area (Å²) >= 11 is 7.36. The fraction of sp³-hybridized carbons (Fsp3) is 0.333. The van der Waals surface area contributed by atoms with Gasteiger partial charge in [0.1, 0.15) is 11.3 Å². The number of hydrogen-bond acceptors (Lipinski definition) is 8. The van der Waals surface area contributed by atoms with Crippen molar-refractivity contribution in [1.29, 1.82) is 0 Å². The van der Waals surface area contributed by atoms with Crippen LogP contribution in [0.3, 0.4) is 0 Å². The molecule has 3 aromatic rings. The van der Waals surface area contributed by atoms with Crippen molar-refractivity contribution in [2.24, 2.45) is 0 Å². The van der Waals surface area contributed by atoms with E-state index in [1.807, 2.05) is 32.9 Å². The van der Waals surface area contributed by atoms with Crippen LogP contribution < -0.4 is 15.5 Å². The zero-order valence-electron chi connectivity index (χ0n) is 19.7. The Bertz CT molecular complexity index is 1190. The van der Waals surface area contributed by atoms with E-state index in [4.69, 9.17) is 16.3 Å². The Balaban J connectivity index is 1.36. The molecule has 0 unspecified atom stereocenters. The third-order valence-corrected chi connectivity index (χ3v) is 6.27. The first-order chi connectivity index (χ1) is 16.7. The number of anilines is 4. The largest absolute Gasteiger partial charge is 0.444 e. The lowest BCUT2D eigenvalue weighted by atomic mass is 10.2. The minimum Gasteiger partial charge on any atom is -0.444 e. The van der Waals surface area contributed by atoms with Gasteiger partial charge >= 0.3 is 6.09 Å². The van der Waals surface area contributed by atoms with E-state index in [1.165, 1.54) is 11.3 Å². The first kappa shape index (κ1) is 24.7. The maximum absolute atomic E-state index is 12.9. The monoisotopic (exact) mass is 514 g/mol. The number of benzene rings is 1. The first-order valence-electron chi connectivity index (χ1n) is 11.1. The van der Waals surface area contributed by atoms with Gasteiger partial charge in [0.15, 0.2) is 5.13 Å². The van der Waals surface area contributed by atoms with Crippen LogP contribution in [0.1, 0.15) is 31.3 Å². The molecule has 11 heteroatoms. The molecule has 35 heavy (non-hydrogen) atoms. The van der Waals surface area contributed by atoms with Crippen molar-refractivity contribution in [3.8, 4) is 0 Å². The van der Waals surface area contributed by atoms with E-state index in [9.17, 15) is 9.59 Å². The van der Waals surface area contributed by atoms with Gasteiger partial charge in [-0.25, -0.2) is 9.78 Å². The van der Waals surface area contributed by atoms with Crippen molar-refractivity contribution in [3.05, 3.63) is 58.8 Å². The van der Waals surface area contributed by atoms with Gasteiger partial charge in [0.05, 0.1) is 17.6 Å². The number of aromatic nitrogens is 2. The van der Waals surface area contributed by atoms with Crippen LogP contribution in [0.2, 0.25) is 5.02 Å².